The zero-order valence-corrected chi connectivity index (χ0v) is 10.5. The third-order valence-corrected chi connectivity index (χ3v) is 3.59. The highest BCUT2D eigenvalue weighted by Crippen LogP contribution is 2.24. The average Bonchev–Trinajstić information content (AvgIpc) is 2.67. The highest BCUT2D eigenvalue weighted by atomic mass is 32.1. The number of nitrogens with zero attached hydrogens (tertiary/aromatic N) is 1. The second-order valence-electron chi connectivity index (χ2n) is 3.68. The fourth-order valence-electron chi connectivity index (χ4n) is 1.71. The van der Waals surface area contributed by atoms with Gasteiger partial charge in [-0.05, 0) is 37.3 Å². The van der Waals surface area contributed by atoms with Crippen LogP contribution in [0.4, 0.5) is 0 Å². The normalized spacial score (nSPS) is 16.1. The summed E-state index contributed by atoms with van der Waals surface area (Å²) in [7, 11) is 0. The van der Waals surface area contributed by atoms with Crippen LogP contribution in [0.2, 0.25) is 0 Å². The van der Waals surface area contributed by atoms with Crippen molar-refractivity contribution in [3.8, 4) is 0 Å². The van der Waals surface area contributed by atoms with Crippen LogP contribution >= 0.6 is 11.3 Å². The van der Waals surface area contributed by atoms with Gasteiger partial charge in [-0.1, -0.05) is 13.8 Å². The SMILES string of the molecule is CC.CC(C)N1CCc2sccc2C1. The first-order valence-corrected chi connectivity index (χ1v) is 6.44. The molecule has 0 fully saturated rings. The van der Waals surface area contributed by atoms with Gasteiger partial charge in [0.1, 0.15) is 0 Å². The lowest BCUT2D eigenvalue weighted by molar-refractivity contribution is 0.205. The quantitative estimate of drug-likeness (QED) is 0.687. The summed E-state index contributed by atoms with van der Waals surface area (Å²) in [5.74, 6) is 0. The molecule has 14 heavy (non-hydrogen) atoms. The molecule has 1 aliphatic heterocycles. The van der Waals surface area contributed by atoms with Gasteiger partial charge in [0, 0.05) is 24.0 Å². The minimum Gasteiger partial charge on any atom is -0.296 e. The molecule has 80 valence electrons. The van der Waals surface area contributed by atoms with Gasteiger partial charge in [0.05, 0.1) is 0 Å². The van der Waals surface area contributed by atoms with Crippen molar-refractivity contribution in [3.63, 3.8) is 0 Å². The molecule has 1 aliphatic rings. The number of fused-ring (bicyclic) bond motifs is 1. The zero-order chi connectivity index (χ0) is 10.6. The highest BCUT2D eigenvalue weighted by molar-refractivity contribution is 7.10. The largest absolute Gasteiger partial charge is 0.296 e. The maximum atomic E-state index is 2.54. The molecule has 0 saturated heterocycles. The van der Waals surface area contributed by atoms with E-state index in [1.807, 2.05) is 25.2 Å². The van der Waals surface area contributed by atoms with E-state index in [-0.39, 0.29) is 0 Å². The standard InChI is InChI=1S/C10H15NS.C2H6/c1-8(2)11-5-3-10-9(7-11)4-6-12-10;1-2/h4,6,8H,3,5,7H2,1-2H3;1-2H3. The minimum atomic E-state index is 0.693. The molecule has 1 aromatic rings. The molecule has 0 unspecified atom stereocenters. The Morgan fingerprint density at radius 1 is 1.36 bits per heavy atom. The molecule has 0 aromatic carbocycles. The van der Waals surface area contributed by atoms with Gasteiger partial charge in [0.2, 0.25) is 0 Å². The number of rotatable bonds is 1. The maximum absolute atomic E-state index is 2.54. The first-order valence-electron chi connectivity index (χ1n) is 5.56. The van der Waals surface area contributed by atoms with Crippen molar-refractivity contribution in [1.82, 2.24) is 4.90 Å². The Bertz CT molecular complexity index is 265. The van der Waals surface area contributed by atoms with Gasteiger partial charge in [-0.3, -0.25) is 4.90 Å². The summed E-state index contributed by atoms with van der Waals surface area (Å²) >= 11 is 1.91. The molecular weight excluding hydrogens is 190 g/mol. The molecule has 0 spiro atoms. The number of hydrogen-bond donors (Lipinski definition) is 0. The Morgan fingerprint density at radius 3 is 2.71 bits per heavy atom. The van der Waals surface area contributed by atoms with Gasteiger partial charge in [-0.15, -0.1) is 11.3 Å². The summed E-state index contributed by atoms with van der Waals surface area (Å²) < 4.78 is 0. The first kappa shape index (κ1) is 11.7. The Kier molecular flexibility index (Phi) is 4.63. The van der Waals surface area contributed by atoms with Crippen LogP contribution in [-0.2, 0) is 13.0 Å². The van der Waals surface area contributed by atoms with Crippen LogP contribution < -0.4 is 0 Å². The fraction of sp³-hybridized carbons (Fsp3) is 0.667. The number of hydrogen-bond acceptors (Lipinski definition) is 2. The summed E-state index contributed by atoms with van der Waals surface area (Å²) in [5, 5.41) is 2.22. The zero-order valence-electron chi connectivity index (χ0n) is 9.71. The molecule has 0 N–H and O–H groups in total. The lowest BCUT2D eigenvalue weighted by Crippen LogP contribution is -2.35. The molecule has 2 heterocycles. The monoisotopic (exact) mass is 211 g/mol. The van der Waals surface area contributed by atoms with Crippen LogP contribution in [0.1, 0.15) is 38.1 Å². The molecule has 2 rings (SSSR count). The van der Waals surface area contributed by atoms with Gasteiger partial charge in [0.15, 0.2) is 0 Å². The summed E-state index contributed by atoms with van der Waals surface area (Å²) in [4.78, 5) is 4.14. The molecule has 0 atom stereocenters. The lowest BCUT2D eigenvalue weighted by Gasteiger charge is -2.30. The Morgan fingerprint density at radius 2 is 2.07 bits per heavy atom. The predicted molar refractivity (Wildman–Crippen MR) is 64.9 cm³/mol. The Hall–Kier alpha value is -0.340. The Balaban J connectivity index is 0.000000461. The van der Waals surface area contributed by atoms with E-state index in [4.69, 9.17) is 0 Å². The van der Waals surface area contributed by atoms with Crippen molar-refractivity contribution in [2.24, 2.45) is 0 Å². The highest BCUT2D eigenvalue weighted by Gasteiger charge is 2.18. The molecule has 0 saturated carbocycles. The molecule has 2 heteroatoms. The van der Waals surface area contributed by atoms with E-state index in [0.29, 0.717) is 6.04 Å². The van der Waals surface area contributed by atoms with Crippen molar-refractivity contribution in [2.45, 2.75) is 46.7 Å². The smallest absolute Gasteiger partial charge is 0.0247 e. The van der Waals surface area contributed by atoms with E-state index < -0.39 is 0 Å². The van der Waals surface area contributed by atoms with Crippen LogP contribution in [-0.4, -0.2) is 17.5 Å². The second kappa shape index (κ2) is 5.52. The minimum absolute atomic E-state index is 0.693. The van der Waals surface area contributed by atoms with Gasteiger partial charge in [-0.2, -0.15) is 0 Å². The van der Waals surface area contributed by atoms with Crippen LogP contribution in [0.25, 0.3) is 0 Å². The molecule has 1 aromatic heterocycles. The Labute approximate surface area is 91.8 Å². The number of thiophene rings is 1. The summed E-state index contributed by atoms with van der Waals surface area (Å²) in [6, 6.07) is 2.96. The second-order valence-corrected chi connectivity index (χ2v) is 4.68. The van der Waals surface area contributed by atoms with Crippen molar-refractivity contribution in [1.29, 1.82) is 0 Å². The molecule has 0 amide bonds. The molecule has 0 radical (unpaired) electrons. The molecule has 1 nitrogen and oxygen atoms in total. The van der Waals surface area contributed by atoms with Crippen LogP contribution in [0.5, 0.6) is 0 Å². The van der Waals surface area contributed by atoms with Gasteiger partial charge in [-0.25, -0.2) is 0 Å². The van der Waals surface area contributed by atoms with Crippen LogP contribution in [0.3, 0.4) is 0 Å². The van der Waals surface area contributed by atoms with Crippen LogP contribution in [0.15, 0.2) is 11.4 Å². The summed E-state index contributed by atoms with van der Waals surface area (Å²) in [6.07, 6.45) is 1.26. The third-order valence-electron chi connectivity index (χ3n) is 2.57. The summed E-state index contributed by atoms with van der Waals surface area (Å²) in [6.45, 7) is 11.0. The average molecular weight is 211 g/mol. The first-order chi connectivity index (χ1) is 6.77. The van der Waals surface area contributed by atoms with Crippen molar-refractivity contribution < 1.29 is 0 Å². The van der Waals surface area contributed by atoms with E-state index in [1.165, 1.54) is 13.0 Å². The van der Waals surface area contributed by atoms with E-state index in [1.54, 1.807) is 10.4 Å². The molecular formula is C12H21NS. The van der Waals surface area contributed by atoms with Gasteiger partial charge < -0.3 is 0 Å². The van der Waals surface area contributed by atoms with Crippen LogP contribution in [0, 0.1) is 0 Å². The van der Waals surface area contributed by atoms with E-state index >= 15 is 0 Å². The van der Waals surface area contributed by atoms with Gasteiger partial charge in [0.25, 0.3) is 0 Å². The third kappa shape index (κ3) is 2.58. The summed E-state index contributed by atoms with van der Waals surface area (Å²) in [5.41, 5.74) is 1.56. The van der Waals surface area contributed by atoms with Crippen molar-refractivity contribution in [3.05, 3.63) is 21.9 Å². The van der Waals surface area contributed by atoms with E-state index in [9.17, 15) is 0 Å². The molecule has 0 bridgehead atoms. The fourth-order valence-corrected chi connectivity index (χ4v) is 2.60. The van der Waals surface area contributed by atoms with Crippen molar-refractivity contribution in [2.75, 3.05) is 6.54 Å². The van der Waals surface area contributed by atoms with Crippen molar-refractivity contribution >= 4 is 11.3 Å². The lowest BCUT2D eigenvalue weighted by atomic mass is 10.1. The van der Waals surface area contributed by atoms with E-state index in [2.05, 4.69) is 30.2 Å². The van der Waals surface area contributed by atoms with Gasteiger partial charge >= 0.3 is 0 Å². The topological polar surface area (TPSA) is 3.24 Å². The predicted octanol–water partition coefficient (Wildman–Crippen LogP) is 3.54. The molecule has 0 aliphatic carbocycles. The van der Waals surface area contributed by atoms with E-state index in [0.717, 1.165) is 6.54 Å². The maximum Gasteiger partial charge on any atom is 0.0247 e.